The molecule has 4 aromatic rings. The van der Waals surface area contributed by atoms with Gasteiger partial charge in [0.25, 0.3) is 5.78 Å². The van der Waals surface area contributed by atoms with Crippen LogP contribution in [0.5, 0.6) is 0 Å². The maximum Gasteiger partial charge on any atom is 0.274 e. The number of hydrogen-bond acceptors (Lipinski definition) is 4. The van der Waals surface area contributed by atoms with Gasteiger partial charge in [0.05, 0.1) is 11.2 Å². The summed E-state index contributed by atoms with van der Waals surface area (Å²) < 4.78 is 1.66. The Morgan fingerprint density at radius 3 is 2.80 bits per heavy atom. The zero-order valence-corrected chi connectivity index (χ0v) is 10.9. The predicted octanol–water partition coefficient (Wildman–Crippen LogP) is 2.65. The van der Waals surface area contributed by atoms with Crippen LogP contribution in [-0.2, 0) is 0 Å². The van der Waals surface area contributed by atoms with Gasteiger partial charge in [0.2, 0.25) is 0 Å². The highest BCUT2D eigenvalue weighted by molar-refractivity contribution is 5.93. The molecule has 0 fully saturated rings. The normalized spacial score (nSPS) is 11.2. The van der Waals surface area contributed by atoms with E-state index in [1.807, 2.05) is 30.3 Å². The summed E-state index contributed by atoms with van der Waals surface area (Å²) in [6, 6.07) is 16.3. The van der Waals surface area contributed by atoms with Crippen molar-refractivity contribution in [2.75, 3.05) is 0 Å². The molecule has 0 aliphatic heterocycles. The summed E-state index contributed by atoms with van der Waals surface area (Å²) >= 11 is 0. The Hall–Kier alpha value is -2.82. The van der Waals surface area contributed by atoms with E-state index in [0.29, 0.717) is 5.78 Å². The largest absolute Gasteiger partial charge is 0.274 e. The highest BCUT2D eigenvalue weighted by Gasteiger charge is 2.11. The topological polar surface area (TPSA) is 56.0 Å². The number of benzene rings is 2. The zero-order valence-electron chi connectivity index (χ0n) is 10.9. The lowest BCUT2D eigenvalue weighted by Gasteiger charge is -2.07. The standard InChI is InChI=1S/C15H11N5/c1-10-5-4-6-11(9-10)14-12-7-2-3-8-13(12)20-15(16-14)17-18-19-20/h2-9H,1H3. The van der Waals surface area contributed by atoms with Crippen molar-refractivity contribution in [1.82, 2.24) is 25.0 Å². The molecule has 2 aromatic carbocycles. The second kappa shape index (κ2) is 4.09. The average Bonchev–Trinajstić information content (AvgIpc) is 2.95. The molecule has 0 aliphatic carbocycles. The Bertz CT molecular complexity index is 926. The van der Waals surface area contributed by atoms with E-state index >= 15 is 0 Å². The molecule has 0 amide bonds. The minimum atomic E-state index is 0.514. The first kappa shape index (κ1) is 11.0. The minimum absolute atomic E-state index is 0.514. The molecule has 5 nitrogen and oxygen atoms in total. The number of aromatic nitrogens is 5. The molecule has 4 rings (SSSR count). The molecule has 0 bridgehead atoms. The Balaban J connectivity index is 2.16. The van der Waals surface area contributed by atoms with Crippen molar-refractivity contribution in [3.8, 4) is 11.3 Å². The fourth-order valence-corrected chi connectivity index (χ4v) is 2.44. The van der Waals surface area contributed by atoms with Gasteiger partial charge in [-0.1, -0.05) is 47.1 Å². The van der Waals surface area contributed by atoms with Gasteiger partial charge in [-0.25, -0.2) is 4.98 Å². The van der Waals surface area contributed by atoms with Gasteiger partial charge in [0.1, 0.15) is 0 Å². The molecule has 96 valence electrons. The van der Waals surface area contributed by atoms with Crippen LogP contribution in [0, 0.1) is 6.92 Å². The van der Waals surface area contributed by atoms with Crippen LogP contribution in [0.2, 0.25) is 0 Å². The highest BCUT2D eigenvalue weighted by Crippen LogP contribution is 2.27. The van der Waals surface area contributed by atoms with E-state index < -0.39 is 0 Å². The fourth-order valence-electron chi connectivity index (χ4n) is 2.44. The molecule has 0 saturated heterocycles. The zero-order chi connectivity index (χ0) is 13.5. The average molecular weight is 261 g/mol. The van der Waals surface area contributed by atoms with Crippen molar-refractivity contribution >= 4 is 16.7 Å². The van der Waals surface area contributed by atoms with Crippen LogP contribution in [0.15, 0.2) is 48.5 Å². The van der Waals surface area contributed by atoms with E-state index in [0.717, 1.165) is 22.2 Å². The van der Waals surface area contributed by atoms with Gasteiger partial charge in [-0.15, -0.1) is 0 Å². The molecular formula is C15H11N5. The highest BCUT2D eigenvalue weighted by atomic mass is 15.5. The van der Waals surface area contributed by atoms with Crippen LogP contribution in [0.1, 0.15) is 5.56 Å². The second-order valence-corrected chi connectivity index (χ2v) is 4.74. The molecule has 0 saturated carbocycles. The number of fused-ring (bicyclic) bond motifs is 3. The molecule has 0 aliphatic rings. The van der Waals surface area contributed by atoms with Crippen molar-refractivity contribution in [1.29, 1.82) is 0 Å². The molecule has 2 heterocycles. The maximum atomic E-state index is 4.60. The van der Waals surface area contributed by atoms with Crippen LogP contribution >= 0.6 is 0 Å². The van der Waals surface area contributed by atoms with Crippen LogP contribution in [-0.4, -0.2) is 25.0 Å². The number of nitrogens with zero attached hydrogens (tertiary/aromatic N) is 5. The molecular weight excluding hydrogens is 250 g/mol. The molecule has 0 spiro atoms. The second-order valence-electron chi connectivity index (χ2n) is 4.74. The summed E-state index contributed by atoms with van der Waals surface area (Å²) in [6.07, 6.45) is 0. The van der Waals surface area contributed by atoms with Crippen molar-refractivity contribution in [3.05, 3.63) is 54.1 Å². The summed E-state index contributed by atoms with van der Waals surface area (Å²) in [5, 5.41) is 12.7. The third-order valence-corrected chi connectivity index (χ3v) is 3.34. The molecule has 20 heavy (non-hydrogen) atoms. The summed E-state index contributed by atoms with van der Waals surface area (Å²) in [7, 11) is 0. The molecule has 2 aromatic heterocycles. The summed E-state index contributed by atoms with van der Waals surface area (Å²) in [6.45, 7) is 2.07. The first-order valence-corrected chi connectivity index (χ1v) is 6.37. The predicted molar refractivity (Wildman–Crippen MR) is 76.3 cm³/mol. The van der Waals surface area contributed by atoms with E-state index in [9.17, 15) is 0 Å². The SMILES string of the molecule is Cc1cccc(-c2nc3nnnn3c3ccccc23)c1. The van der Waals surface area contributed by atoms with Crippen molar-refractivity contribution in [2.45, 2.75) is 6.92 Å². The molecule has 0 radical (unpaired) electrons. The molecule has 0 N–H and O–H groups in total. The van der Waals surface area contributed by atoms with Crippen LogP contribution in [0.25, 0.3) is 27.9 Å². The molecule has 0 unspecified atom stereocenters. The van der Waals surface area contributed by atoms with Crippen molar-refractivity contribution in [3.63, 3.8) is 0 Å². The number of rotatable bonds is 1. The summed E-state index contributed by atoms with van der Waals surface area (Å²) in [4.78, 5) is 4.60. The van der Waals surface area contributed by atoms with E-state index in [-0.39, 0.29) is 0 Å². The summed E-state index contributed by atoms with van der Waals surface area (Å²) in [5.41, 5.74) is 4.14. The van der Waals surface area contributed by atoms with Crippen LogP contribution < -0.4 is 0 Å². The van der Waals surface area contributed by atoms with Crippen molar-refractivity contribution < 1.29 is 0 Å². The molecule has 0 atom stereocenters. The Morgan fingerprint density at radius 1 is 1.00 bits per heavy atom. The van der Waals surface area contributed by atoms with Gasteiger partial charge in [-0.05, 0) is 29.5 Å². The third-order valence-electron chi connectivity index (χ3n) is 3.34. The number of hydrogen-bond donors (Lipinski definition) is 0. The lowest BCUT2D eigenvalue weighted by Crippen LogP contribution is -1.97. The summed E-state index contributed by atoms with van der Waals surface area (Å²) in [5.74, 6) is 0.514. The monoisotopic (exact) mass is 261 g/mol. The van der Waals surface area contributed by atoms with Gasteiger partial charge >= 0.3 is 0 Å². The van der Waals surface area contributed by atoms with Gasteiger partial charge in [0, 0.05) is 10.9 Å². The van der Waals surface area contributed by atoms with Gasteiger partial charge < -0.3 is 0 Å². The van der Waals surface area contributed by atoms with Gasteiger partial charge in [-0.3, -0.25) is 0 Å². The Morgan fingerprint density at radius 2 is 1.90 bits per heavy atom. The van der Waals surface area contributed by atoms with Gasteiger partial charge in [0.15, 0.2) is 0 Å². The fraction of sp³-hybridized carbons (Fsp3) is 0.0667. The van der Waals surface area contributed by atoms with E-state index in [1.54, 1.807) is 4.52 Å². The van der Waals surface area contributed by atoms with Crippen LogP contribution in [0.3, 0.4) is 0 Å². The maximum absolute atomic E-state index is 4.60. The number of aryl methyl sites for hydroxylation is 1. The van der Waals surface area contributed by atoms with Crippen molar-refractivity contribution in [2.24, 2.45) is 0 Å². The van der Waals surface area contributed by atoms with E-state index in [1.165, 1.54) is 5.56 Å². The molecule has 5 heteroatoms. The lowest BCUT2D eigenvalue weighted by atomic mass is 10.0. The lowest BCUT2D eigenvalue weighted by molar-refractivity contribution is 0.840. The first-order valence-electron chi connectivity index (χ1n) is 6.37. The minimum Gasteiger partial charge on any atom is -0.209 e. The number of tetrazole rings is 1. The number of para-hydroxylation sites is 1. The Labute approximate surface area is 114 Å². The van der Waals surface area contributed by atoms with E-state index in [4.69, 9.17) is 0 Å². The van der Waals surface area contributed by atoms with Gasteiger partial charge in [-0.2, -0.15) is 4.52 Å². The quantitative estimate of drug-likeness (QED) is 0.528. The smallest absolute Gasteiger partial charge is 0.209 e. The van der Waals surface area contributed by atoms with Crippen LogP contribution in [0.4, 0.5) is 0 Å². The third kappa shape index (κ3) is 1.56. The Kier molecular flexibility index (Phi) is 2.26. The first-order chi connectivity index (χ1) is 9.83. The van der Waals surface area contributed by atoms with E-state index in [2.05, 4.69) is 45.6 Å².